The molecule has 0 heterocycles. The van der Waals surface area contributed by atoms with E-state index in [1.165, 1.54) is 22.9 Å². The summed E-state index contributed by atoms with van der Waals surface area (Å²) in [6.07, 6.45) is -1.81. The highest BCUT2D eigenvalue weighted by Crippen LogP contribution is 2.39. The molecule has 160 valence electrons. The van der Waals surface area contributed by atoms with Crippen molar-refractivity contribution in [2.45, 2.75) is 31.7 Å². The average Bonchev–Trinajstić information content (AvgIpc) is 2.74. The minimum atomic E-state index is -4.34. The minimum absolute atomic E-state index is 0.622. The van der Waals surface area contributed by atoms with Gasteiger partial charge in [0.2, 0.25) is 0 Å². The van der Waals surface area contributed by atoms with Crippen LogP contribution in [-0.2, 0) is 12.2 Å². The highest BCUT2D eigenvalue weighted by molar-refractivity contribution is 6.95. The van der Waals surface area contributed by atoms with Crippen molar-refractivity contribution >= 4 is 18.8 Å². The molecule has 3 aromatic rings. The van der Waals surface area contributed by atoms with Crippen molar-refractivity contribution in [3.63, 3.8) is 0 Å². The van der Waals surface area contributed by atoms with Crippen molar-refractivity contribution < 1.29 is 13.2 Å². The Kier molecular flexibility index (Phi) is 7.01. The first-order chi connectivity index (χ1) is 14.7. The van der Waals surface area contributed by atoms with Gasteiger partial charge >= 0.3 is 6.18 Å². The van der Waals surface area contributed by atoms with E-state index in [9.17, 15) is 13.2 Å². The fraction of sp³-hybridized carbons (Fsp3) is 0.185. The summed E-state index contributed by atoms with van der Waals surface area (Å²) < 4.78 is 39.5. The first kappa shape index (κ1) is 22.8. The summed E-state index contributed by atoms with van der Waals surface area (Å²) in [7, 11) is -2.11. The summed E-state index contributed by atoms with van der Waals surface area (Å²) in [5.74, 6) is 0. The SMILES string of the molecule is C=CC/C(=C(\c1ccc(C(F)(F)F)cc1)[Si](C)(C)Cc1ccccc1)c1ccccc1. The molecular formula is C27H27F3Si. The van der Waals surface area contributed by atoms with Gasteiger partial charge in [-0.1, -0.05) is 97.5 Å². The van der Waals surface area contributed by atoms with E-state index in [0.717, 1.165) is 22.7 Å². The Balaban J connectivity index is 2.21. The molecule has 0 aliphatic rings. The number of alkyl halides is 3. The zero-order valence-corrected chi connectivity index (χ0v) is 18.9. The third kappa shape index (κ3) is 5.64. The summed E-state index contributed by atoms with van der Waals surface area (Å²) >= 11 is 0. The molecule has 0 N–H and O–H groups in total. The van der Waals surface area contributed by atoms with E-state index in [1.54, 1.807) is 12.1 Å². The minimum Gasteiger partial charge on any atom is -0.166 e. The molecule has 3 aromatic carbocycles. The zero-order valence-electron chi connectivity index (χ0n) is 17.9. The Morgan fingerprint density at radius 1 is 0.806 bits per heavy atom. The summed E-state index contributed by atoms with van der Waals surface area (Å²) in [5.41, 5.74) is 3.72. The number of halogens is 3. The molecule has 0 amide bonds. The Morgan fingerprint density at radius 3 is 1.87 bits per heavy atom. The Morgan fingerprint density at radius 2 is 1.35 bits per heavy atom. The van der Waals surface area contributed by atoms with Gasteiger partial charge in [-0.2, -0.15) is 13.2 Å². The van der Waals surface area contributed by atoms with Crippen LogP contribution in [0.4, 0.5) is 13.2 Å². The maximum Gasteiger partial charge on any atom is 0.416 e. The number of benzene rings is 3. The zero-order chi connectivity index (χ0) is 22.5. The predicted molar refractivity (Wildman–Crippen MR) is 127 cm³/mol. The summed E-state index contributed by atoms with van der Waals surface area (Å²) in [6.45, 7) is 8.53. The maximum absolute atomic E-state index is 13.2. The van der Waals surface area contributed by atoms with Crippen molar-refractivity contribution in [1.82, 2.24) is 0 Å². The number of hydrogen-bond donors (Lipinski definition) is 0. The summed E-state index contributed by atoms with van der Waals surface area (Å²) in [6, 6.07) is 26.9. The first-order valence-electron chi connectivity index (χ1n) is 10.3. The van der Waals surface area contributed by atoms with Gasteiger partial charge < -0.3 is 0 Å². The third-order valence-electron chi connectivity index (χ3n) is 5.44. The van der Waals surface area contributed by atoms with E-state index < -0.39 is 19.8 Å². The van der Waals surface area contributed by atoms with Crippen molar-refractivity contribution in [1.29, 1.82) is 0 Å². The van der Waals surface area contributed by atoms with E-state index in [1.807, 2.05) is 42.5 Å². The summed E-state index contributed by atoms with van der Waals surface area (Å²) in [5, 5.41) is 1.18. The Labute approximate surface area is 183 Å². The van der Waals surface area contributed by atoms with Crippen molar-refractivity contribution in [3.8, 4) is 0 Å². The molecule has 4 heteroatoms. The average molecular weight is 437 g/mol. The molecule has 0 saturated heterocycles. The lowest BCUT2D eigenvalue weighted by Gasteiger charge is -2.30. The lowest BCUT2D eigenvalue weighted by atomic mass is 9.99. The van der Waals surface area contributed by atoms with Crippen molar-refractivity contribution in [2.24, 2.45) is 0 Å². The normalized spacial score (nSPS) is 12.9. The molecule has 0 aliphatic heterocycles. The molecule has 0 fully saturated rings. The molecule has 0 saturated carbocycles. The highest BCUT2D eigenvalue weighted by atomic mass is 28.3. The van der Waals surface area contributed by atoms with E-state index >= 15 is 0 Å². The van der Waals surface area contributed by atoms with E-state index in [2.05, 4.69) is 43.9 Å². The molecule has 0 atom stereocenters. The van der Waals surface area contributed by atoms with Crippen LogP contribution in [-0.4, -0.2) is 8.07 Å². The molecule has 0 radical (unpaired) electrons. The van der Waals surface area contributed by atoms with Crippen molar-refractivity contribution in [2.75, 3.05) is 0 Å². The highest BCUT2D eigenvalue weighted by Gasteiger charge is 2.33. The van der Waals surface area contributed by atoms with Crippen LogP contribution >= 0.6 is 0 Å². The first-order valence-corrected chi connectivity index (χ1v) is 13.5. The second kappa shape index (κ2) is 9.52. The summed E-state index contributed by atoms with van der Waals surface area (Å²) in [4.78, 5) is 0. The van der Waals surface area contributed by atoms with Crippen LogP contribution in [0.25, 0.3) is 10.8 Å². The largest absolute Gasteiger partial charge is 0.416 e. The molecule has 0 bridgehead atoms. The van der Waals surface area contributed by atoms with Crippen LogP contribution < -0.4 is 0 Å². The second-order valence-corrected chi connectivity index (χ2v) is 13.0. The quantitative estimate of drug-likeness (QED) is 0.199. The smallest absolute Gasteiger partial charge is 0.166 e. The van der Waals surface area contributed by atoms with Crippen LogP contribution in [0.1, 0.15) is 28.7 Å². The van der Waals surface area contributed by atoms with E-state index in [4.69, 9.17) is 0 Å². The standard InChI is InChI=1S/C27H27F3Si/c1-4-11-25(22-14-9-6-10-15-22)26(23-16-18-24(19-17-23)27(28,29)30)31(2,3)20-21-12-7-5-8-13-21/h4-10,12-19H,1,11,20H2,2-3H3/b26-25-. The molecule has 0 nitrogen and oxygen atoms in total. The topological polar surface area (TPSA) is 0 Å². The van der Waals surface area contributed by atoms with Gasteiger partial charge in [-0.3, -0.25) is 0 Å². The van der Waals surface area contributed by atoms with Crippen LogP contribution in [0.3, 0.4) is 0 Å². The Hall–Kier alpha value is -2.85. The number of rotatable bonds is 7. The fourth-order valence-electron chi connectivity index (χ4n) is 4.14. The van der Waals surface area contributed by atoms with Crippen LogP contribution in [0.15, 0.2) is 97.6 Å². The van der Waals surface area contributed by atoms with Gasteiger partial charge in [0.05, 0.1) is 13.6 Å². The monoisotopic (exact) mass is 436 g/mol. The molecule has 31 heavy (non-hydrogen) atoms. The Bertz CT molecular complexity index is 1030. The van der Waals surface area contributed by atoms with Crippen LogP contribution in [0, 0.1) is 0 Å². The molecule has 0 aliphatic carbocycles. The van der Waals surface area contributed by atoms with Gasteiger partial charge in [0.15, 0.2) is 0 Å². The van der Waals surface area contributed by atoms with E-state index in [-0.39, 0.29) is 0 Å². The second-order valence-electron chi connectivity index (χ2n) is 8.33. The maximum atomic E-state index is 13.2. The number of hydrogen-bond acceptors (Lipinski definition) is 0. The van der Waals surface area contributed by atoms with Gasteiger partial charge in [0.25, 0.3) is 0 Å². The van der Waals surface area contributed by atoms with Gasteiger partial charge in [-0.15, -0.1) is 6.58 Å². The van der Waals surface area contributed by atoms with Gasteiger partial charge in [-0.25, -0.2) is 0 Å². The van der Waals surface area contributed by atoms with Gasteiger partial charge in [0.1, 0.15) is 0 Å². The fourth-order valence-corrected chi connectivity index (χ4v) is 7.59. The molecule has 0 aromatic heterocycles. The van der Waals surface area contributed by atoms with E-state index in [0.29, 0.717) is 6.42 Å². The van der Waals surface area contributed by atoms with Gasteiger partial charge in [0, 0.05) is 0 Å². The predicted octanol–water partition coefficient (Wildman–Crippen LogP) is 8.22. The van der Waals surface area contributed by atoms with Crippen LogP contribution in [0.2, 0.25) is 13.1 Å². The van der Waals surface area contributed by atoms with Crippen molar-refractivity contribution in [3.05, 3.63) is 120 Å². The van der Waals surface area contributed by atoms with Crippen LogP contribution in [0.5, 0.6) is 0 Å². The third-order valence-corrected chi connectivity index (χ3v) is 8.68. The lowest BCUT2D eigenvalue weighted by molar-refractivity contribution is -0.137. The lowest BCUT2D eigenvalue weighted by Crippen LogP contribution is -2.33. The number of allylic oxidation sites excluding steroid dienone is 2. The van der Waals surface area contributed by atoms with Gasteiger partial charge in [-0.05, 0) is 46.5 Å². The molecule has 0 unspecified atom stereocenters. The molecular weight excluding hydrogens is 409 g/mol. The molecule has 3 rings (SSSR count). The molecule has 0 spiro atoms.